The number of nitro benzene ring substituents is 1. The SMILES string of the molecule is N#Cc1c(N)nc(N)nc1-c1cc(Cl)cc([N+](=O)[O-])c1O. The number of aromatic hydroxyl groups is 1. The first-order chi connectivity index (χ1) is 9.85. The minimum absolute atomic E-state index is 0.0193. The van der Waals surface area contributed by atoms with Crippen LogP contribution in [0.4, 0.5) is 17.5 Å². The van der Waals surface area contributed by atoms with E-state index in [1.54, 1.807) is 6.07 Å². The van der Waals surface area contributed by atoms with E-state index in [1.165, 1.54) is 6.07 Å². The van der Waals surface area contributed by atoms with Crippen molar-refractivity contribution in [3.8, 4) is 23.1 Å². The van der Waals surface area contributed by atoms with Crippen LogP contribution in [0.15, 0.2) is 12.1 Å². The predicted molar refractivity (Wildman–Crippen MR) is 74.3 cm³/mol. The van der Waals surface area contributed by atoms with Crippen LogP contribution in [-0.2, 0) is 0 Å². The van der Waals surface area contributed by atoms with Gasteiger partial charge in [-0.05, 0) is 6.07 Å². The highest BCUT2D eigenvalue weighted by atomic mass is 35.5. The van der Waals surface area contributed by atoms with Crippen molar-refractivity contribution in [1.82, 2.24) is 9.97 Å². The lowest BCUT2D eigenvalue weighted by molar-refractivity contribution is -0.385. The van der Waals surface area contributed by atoms with Gasteiger partial charge in [0.1, 0.15) is 17.5 Å². The molecule has 0 radical (unpaired) electrons. The molecule has 10 heteroatoms. The van der Waals surface area contributed by atoms with Gasteiger partial charge in [-0.2, -0.15) is 10.2 Å². The molecule has 0 aliphatic rings. The fraction of sp³-hybridized carbons (Fsp3) is 0. The normalized spacial score (nSPS) is 10.1. The number of phenols is 1. The third kappa shape index (κ3) is 2.47. The van der Waals surface area contributed by atoms with Crippen molar-refractivity contribution < 1.29 is 10.0 Å². The fourth-order valence-corrected chi connectivity index (χ4v) is 1.92. The van der Waals surface area contributed by atoms with E-state index in [2.05, 4.69) is 9.97 Å². The average molecular weight is 307 g/mol. The Kier molecular flexibility index (Phi) is 3.47. The Bertz CT molecular complexity index is 802. The minimum Gasteiger partial charge on any atom is -0.502 e. The summed E-state index contributed by atoms with van der Waals surface area (Å²) in [5.74, 6) is -1.15. The summed E-state index contributed by atoms with van der Waals surface area (Å²) in [6.07, 6.45) is 0. The molecule has 2 aromatic rings. The number of nitro groups is 1. The third-order valence-corrected chi connectivity index (χ3v) is 2.79. The highest BCUT2D eigenvalue weighted by Gasteiger charge is 2.24. The lowest BCUT2D eigenvalue weighted by atomic mass is 10.0. The van der Waals surface area contributed by atoms with Crippen LogP contribution in [0.5, 0.6) is 5.75 Å². The van der Waals surface area contributed by atoms with Gasteiger partial charge in [0.25, 0.3) is 0 Å². The zero-order valence-electron chi connectivity index (χ0n) is 10.2. The van der Waals surface area contributed by atoms with Gasteiger partial charge in [0.2, 0.25) is 11.7 Å². The molecular weight excluding hydrogens is 300 g/mol. The van der Waals surface area contributed by atoms with Gasteiger partial charge in [0.05, 0.1) is 16.2 Å². The average Bonchev–Trinajstić information content (AvgIpc) is 2.40. The number of benzene rings is 1. The van der Waals surface area contributed by atoms with Crippen molar-refractivity contribution in [1.29, 1.82) is 5.26 Å². The first kappa shape index (κ1) is 14.3. The highest BCUT2D eigenvalue weighted by Crippen LogP contribution is 2.40. The van der Waals surface area contributed by atoms with Crippen LogP contribution in [0.2, 0.25) is 5.02 Å². The van der Waals surface area contributed by atoms with E-state index in [0.717, 1.165) is 6.07 Å². The van der Waals surface area contributed by atoms with Crippen molar-refractivity contribution in [3.05, 3.63) is 32.8 Å². The second kappa shape index (κ2) is 5.10. The molecule has 2 rings (SSSR count). The zero-order valence-corrected chi connectivity index (χ0v) is 11.0. The van der Waals surface area contributed by atoms with Gasteiger partial charge in [0.15, 0.2) is 0 Å². The number of aromatic nitrogens is 2. The maximum Gasteiger partial charge on any atom is 0.312 e. The molecule has 0 unspecified atom stereocenters. The number of nitrogen functional groups attached to an aromatic ring is 2. The molecule has 0 saturated carbocycles. The summed E-state index contributed by atoms with van der Waals surface area (Å²) < 4.78 is 0. The number of nitrogens with two attached hydrogens (primary N) is 2. The topological polar surface area (TPSA) is 165 Å². The minimum atomic E-state index is -0.815. The summed E-state index contributed by atoms with van der Waals surface area (Å²) in [5.41, 5.74) is 9.94. The predicted octanol–water partition coefficient (Wildman–Crippen LogP) is 1.45. The van der Waals surface area contributed by atoms with E-state index in [4.69, 9.17) is 28.3 Å². The van der Waals surface area contributed by atoms with Crippen LogP contribution in [0, 0.1) is 21.4 Å². The standard InChI is InChI=1S/C11H7ClN6O3/c12-4-1-5(9(19)7(2-4)18(20)21)8-6(3-13)10(14)17-11(15)16-8/h1-2,19H,(H4,14,15,16,17). The van der Waals surface area contributed by atoms with E-state index < -0.39 is 16.4 Å². The lowest BCUT2D eigenvalue weighted by Crippen LogP contribution is -2.05. The summed E-state index contributed by atoms with van der Waals surface area (Å²) in [6, 6.07) is 3.94. The number of phenolic OH excluding ortho intramolecular Hbond substituents is 1. The fourth-order valence-electron chi connectivity index (χ4n) is 1.71. The van der Waals surface area contributed by atoms with Gasteiger partial charge < -0.3 is 16.6 Å². The van der Waals surface area contributed by atoms with Gasteiger partial charge >= 0.3 is 5.69 Å². The molecule has 0 fully saturated rings. The first-order valence-electron chi connectivity index (χ1n) is 5.35. The quantitative estimate of drug-likeness (QED) is 0.553. The van der Waals surface area contributed by atoms with E-state index in [-0.39, 0.29) is 33.6 Å². The second-order valence-electron chi connectivity index (χ2n) is 3.88. The van der Waals surface area contributed by atoms with E-state index in [1.807, 2.05) is 0 Å². The summed E-state index contributed by atoms with van der Waals surface area (Å²) in [6.45, 7) is 0. The van der Waals surface area contributed by atoms with Gasteiger partial charge in [-0.25, -0.2) is 4.98 Å². The molecule has 106 valence electrons. The molecule has 0 amide bonds. The third-order valence-electron chi connectivity index (χ3n) is 2.57. The zero-order chi connectivity index (χ0) is 15.7. The first-order valence-corrected chi connectivity index (χ1v) is 5.73. The van der Waals surface area contributed by atoms with Crippen LogP contribution >= 0.6 is 11.6 Å². The van der Waals surface area contributed by atoms with Crippen molar-refractivity contribution in [2.45, 2.75) is 0 Å². The Balaban J connectivity index is 2.86. The smallest absolute Gasteiger partial charge is 0.312 e. The molecule has 0 aliphatic heterocycles. The number of hydrogen-bond acceptors (Lipinski definition) is 8. The molecule has 0 saturated heterocycles. The largest absolute Gasteiger partial charge is 0.502 e. The maximum atomic E-state index is 10.9. The molecule has 1 aromatic heterocycles. The Morgan fingerprint density at radius 2 is 2.05 bits per heavy atom. The Labute approximate surface area is 122 Å². The number of halogens is 1. The number of nitrogens with zero attached hydrogens (tertiary/aromatic N) is 4. The molecule has 21 heavy (non-hydrogen) atoms. The van der Waals surface area contributed by atoms with Gasteiger partial charge in [0, 0.05) is 11.1 Å². The molecule has 0 spiro atoms. The van der Waals surface area contributed by atoms with Crippen molar-refractivity contribution in [3.63, 3.8) is 0 Å². The van der Waals surface area contributed by atoms with Crippen LogP contribution in [0.3, 0.4) is 0 Å². The van der Waals surface area contributed by atoms with Crippen molar-refractivity contribution in [2.24, 2.45) is 0 Å². The number of hydrogen-bond donors (Lipinski definition) is 3. The summed E-state index contributed by atoms with van der Waals surface area (Å²) >= 11 is 5.79. The van der Waals surface area contributed by atoms with Gasteiger partial charge in [-0.15, -0.1) is 0 Å². The van der Waals surface area contributed by atoms with Crippen LogP contribution < -0.4 is 11.5 Å². The van der Waals surface area contributed by atoms with E-state index in [9.17, 15) is 15.2 Å². The Morgan fingerprint density at radius 3 is 2.62 bits per heavy atom. The monoisotopic (exact) mass is 306 g/mol. The van der Waals surface area contributed by atoms with Gasteiger partial charge in [-0.1, -0.05) is 11.6 Å². The lowest BCUT2D eigenvalue weighted by Gasteiger charge is -2.09. The van der Waals surface area contributed by atoms with Crippen LogP contribution in [0.1, 0.15) is 5.56 Å². The maximum absolute atomic E-state index is 10.9. The highest BCUT2D eigenvalue weighted by molar-refractivity contribution is 6.31. The molecule has 1 aromatic carbocycles. The summed E-state index contributed by atoms with van der Waals surface area (Å²) in [5, 5.41) is 29.9. The molecule has 1 heterocycles. The molecule has 0 atom stereocenters. The summed E-state index contributed by atoms with van der Waals surface area (Å²) in [4.78, 5) is 17.5. The van der Waals surface area contributed by atoms with E-state index >= 15 is 0 Å². The molecule has 0 aliphatic carbocycles. The second-order valence-corrected chi connectivity index (χ2v) is 4.32. The Morgan fingerprint density at radius 1 is 1.38 bits per heavy atom. The number of rotatable bonds is 2. The number of nitriles is 1. The van der Waals surface area contributed by atoms with Crippen molar-refractivity contribution in [2.75, 3.05) is 11.5 Å². The molecule has 5 N–H and O–H groups in total. The number of anilines is 2. The van der Waals surface area contributed by atoms with E-state index in [0.29, 0.717) is 0 Å². The van der Waals surface area contributed by atoms with Crippen LogP contribution in [0.25, 0.3) is 11.3 Å². The van der Waals surface area contributed by atoms with Crippen LogP contribution in [-0.4, -0.2) is 20.0 Å². The van der Waals surface area contributed by atoms with Crippen molar-refractivity contribution >= 4 is 29.1 Å². The molecule has 0 bridgehead atoms. The van der Waals surface area contributed by atoms with Gasteiger partial charge in [-0.3, -0.25) is 10.1 Å². The summed E-state index contributed by atoms with van der Waals surface area (Å²) in [7, 11) is 0. The molecule has 9 nitrogen and oxygen atoms in total. The Hall–Kier alpha value is -3.12. The molecular formula is C11H7ClN6O3.